The van der Waals surface area contributed by atoms with Crippen LogP contribution in [0.15, 0.2) is 60.7 Å². The Hall–Kier alpha value is -2.99. The average Bonchev–Trinajstić information content (AvgIpc) is 2.63. The van der Waals surface area contributed by atoms with Crippen LogP contribution in [-0.2, 0) is 6.18 Å². The van der Waals surface area contributed by atoms with E-state index in [0.29, 0.717) is 28.2 Å². The molecule has 0 spiro atoms. The molecule has 3 rings (SSSR count). The van der Waals surface area contributed by atoms with Crippen molar-refractivity contribution in [3.05, 3.63) is 87.9 Å². The standard InChI is InChI=1S/C21H16ClF3N2O/c1-12-2-5-14(26)10-18(12)20(28)17-9-8-16(11-19(17)22)27-15-6-3-13(4-7-15)21(23,24)25/h2-11,27H,26H2,1H3. The van der Waals surface area contributed by atoms with Gasteiger partial charge in [-0.2, -0.15) is 13.2 Å². The minimum Gasteiger partial charge on any atom is -0.399 e. The summed E-state index contributed by atoms with van der Waals surface area (Å²) in [5.74, 6) is -0.254. The molecule has 0 aliphatic carbocycles. The third-order valence-corrected chi connectivity index (χ3v) is 4.53. The lowest BCUT2D eigenvalue weighted by Gasteiger charge is -2.12. The van der Waals surface area contributed by atoms with E-state index in [1.165, 1.54) is 12.1 Å². The molecule has 7 heteroatoms. The zero-order chi connectivity index (χ0) is 20.5. The van der Waals surface area contributed by atoms with Crippen LogP contribution in [0.25, 0.3) is 0 Å². The first-order valence-corrected chi connectivity index (χ1v) is 8.67. The highest BCUT2D eigenvalue weighted by Gasteiger charge is 2.29. The largest absolute Gasteiger partial charge is 0.416 e. The molecule has 0 heterocycles. The van der Waals surface area contributed by atoms with Crippen molar-refractivity contribution in [3.8, 4) is 0 Å². The van der Waals surface area contributed by atoms with Gasteiger partial charge in [0.25, 0.3) is 0 Å². The second kappa shape index (κ2) is 7.56. The van der Waals surface area contributed by atoms with Crippen LogP contribution in [0, 0.1) is 6.92 Å². The molecule has 144 valence electrons. The maximum Gasteiger partial charge on any atom is 0.416 e. The van der Waals surface area contributed by atoms with Gasteiger partial charge in [-0.15, -0.1) is 0 Å². The van der Waals surface area contributed by atoms with Gasteiger partial charge in [-0.25, -0.2) is 0 Å². The van der Waals surface area contributed by atoms with Crippen LogP contribution < -0.4 is 11.1 Å². The molecular formula is C21H16ClF3N2O. The highest BCUT2D eigenvalue weighted by atomic mass is 35.5. The molecule has 0 fully saturated rings. The number of carbonyl (C=O) groups excluding carboxylic acids is 1. The number of anilines is 3. The summed E-state index contributed by atoms with van der Waals surface area (Å²) in [4.78, 5) is 12.8. The molecule has 3 aromatic rings. The second-order valence-corrected chi connectivity index (χ2v) is 6.71. The fourth-order valence-electron chi connectivity index (χ4n) is 2.72. The summed E-state index contributed by atoms with van der Waals surface area (Å²) in [6.45, 7) is 1.81. The number of carbonyl (C=O) groups is 1. The Labute approximate surface area is 164 Å². The van der Waals surface area contributed by atoms with Gasteiger partial charge in [0.05, 0.1) is 10.6 Å². The predicted molar refractivity (Wildman–Crippen MR) is 105 cm³/mol. The molecule has 0 amide bonds. The third-order valence-electron chi connectivity index (χ3n) is 4.22. The first-order chi connectivity index (χ1) is 13.1. The van der Waals surface area contributed by atoms with Gasteiger partial charge in [0.15, 0.2) is 5.78 Å². The van der Waals surface area contributed by atoms with Gasteiger partial charge in [-0.05, 0) is 67.1 Å². The molecule has 0 saturated heterocycles. The summed E-state index contributed by atoms with van der Waals surface area (Å²) in [6, 6.07) is 14.5. The van der Waals surface area contributed by atoms with Gasteiger partial charge in [-0.1, -0.05) is 17.7 Å². The highest BCUT2D eigenvalue weighted by molar-refractivity contribution is 6.35. The SMILES string of the molecule is Cc1ccc(N)cc1C(=O)c1ccc(Nc2ccc(C(F)(F)F)cc2)cc1Cl. The fourth-order valence-corrected chi connectivity index (χ4v) is 2.98. The van der Waals surface area contributed by atoms with Gasteiger partial charge in [0, 0.05) is 28.2 Å². The van der Waals surface area contributed by atoms with E-state index in [4.69, 9.17) is 17.3 Å². The van der Waals surface area contributed by atoms with Crippen molar-refractivity contribution in [1.82, 2.24) is 0 Å². The maximum absolute atomic E-state index is 12.8. The van der Waals surface area contributed by atoms with Crippen molar-refractivity contribution >= 4 is 34.4 Å². The van der Waals surface area contributed by atoms with E-state index in [2.05, 4.69) is 5.32 Å². The summed E-state index contributed by atoms with van der Waals surface area (Å²) >= 11 is 6.28. The van der Waals surface area contributed by atoms with Gasteiger partial charge >= 0.3 is 6.18 Å². The van der Waals surface area contributed by atoms with Gasteiger partial charge in [-0.3, -0.25) is 4.79 Å². The molecule has 0 bridgehead atoms. The van der Waals surface area contributed by atoms with E-state index in [1.54, 1.807) is 43.3 Å². The number of hydrogen-bond acceptors (Lipinski definition) is 3. The van der Waals surface area contributed by atoms with E-state index < -0.39 is 11.7 Å². The van der Waals surface area contributed by atoms with Crippen LogP contribution in [0.2, 0.25) is 5.02 Å². The van der Waals surface area contributed by atoms with E-state index in [-0.39, 0.29) is 10.8 Å². The molecule has 0 aromatic heterocycles. The monoisotopic (exact) mass is 404 g/mol. The molecule has 3 N–H and O–H groups in total. The lowest BCUT2D eigenvalue weighted by Crippen LogP contribution is -2.06. The van der Waals surface area contributed by atoms with Crippen LogP contribution >= 0.6 is 11.6 Å². The number of rotatable bonds is 4. The Morgan fingerprint density at radius 3 is 2.18 bits per heavy atom. The van der Waals surface area contributed by atoms with Crippen LogP contribution in [-0.4, -0.2) is 5.78 Å². The number of aryl methyl sites for hydroxylation is 1. The first-order valence-electron chi connectivity index (χ1n) is 8.30. The minimum atomic E-state index is -4.39. The van der Waals surface area contributed by atoms with Crippen LogP contribution in [0.4, 0.5) is 30.2 Å². The molecule has 0 radical (unpaired) electrons. The first kappa shape index (κ1) is 19.8. The molecule has 0 aliphatic rings. The number of nitrogens with two attached hydrogens (primary N) is 1. The zero-order valence-corrected chi connectivity index (χ0v) is 15.5. The van der Waals surface area contributed by atoms with E-state index in [1.807, 2.05) is 0 Å². The molecule has 28 heavy (non-hydrogen) atoms. The predicted octanol–water partition coefficient (Wildman–Crippen LogP) is 6.22. The van der Waals surface area contributed by atoms with Crippen molar-refractivity contribution in [1.29, 1.82) is 0 Å². The molecule has 0 aliphatic heterocycles. The van der Waals surface area contributed by atoms with Crippen molar-refractivity contribution in [2.75, 3.05) is 11.1 Å². The van der Waals surface area contributed by atoms with Crippen molar-refractivity contribution in [2.45, 2.75) is 13.1 Å². The Morgan fingerprint density at radius 2 is 1.57 bits per heavy atom. The van der Waals surface area contributed by atoms with Crippen molar-refractivity contribution in [2.24, 2.45) is 0 Å². The lowest BCUT2D eigenvalue weighted by molar-refractivity contribution is -0.137. The summed E-state index contributed by atoms with van der Waals surface area (Å²) < 4.78 is 37.9. The maximum atomic E-state index is 12.8. The molecular weight excluding hydrogens is 389 g/mol. The summed E-state index contributed by atoms with van der Waals surface area (Å²) in [5.41, 5.74) is 8.08. The molecule has 3 aromatic carbocycles. The van der Waals surface area contributed by atoms with Crippen LogP contribution in [0.3, 0.4) is 0 Å². The number of nitrogens with one attached hydrogen (secondary N) is 1. The smallest absolute Gasteiger partial charge is 0.399 e. The molecule has 3 nitrogen and oxygen atoms in total. The fraction of sp³-hybridized carbons (Fsp3) is 0.0952. The molecule has 0 atom stereocenters. The normalized spacial score (nSPS) is 11.3. The van der Waals surface area contributed by atoms with E-state index in [0.717, 1.165) is 17.7 Å². The van der Waals surface area contributed by atoms with Crippen molar-refractivity contribution < 1.29 is 18.0 Å². The Morgan fingerprint density at radius 1 is 0.929 bits per heavy atom. The number of ketones is 1. The topological polar surface area (TPSA) is 55.1 Å². The lowest BCUT2D eigenvalue weighted by atomic mass is 9.98. The Kier molecular flexibility index (Phi) is 5.34. The summed E-state index contributed by atoms with van der Waals surface area (Å²) in [7, 11) is 0. The second-order valence-electron chi connectivity index (χ2n) is 6.30. The Bertz CT molecular complexity index is 1030. The molecule has 0 saturated carbocycles. The number of benzene rings is 3. The van der Waals surface area contributed by atoms with Crippen LogP contribution in [0.1, 0.15) is 27.0 Å². The summed E-state index contributed by atoms with van der Waals surface area (Å²) in [5, 5.41) is 3.19. The average molecular weight is 405 g/mol. The van der Waals surface area contributed by atoms with E-state index in [9.17, 15) is 18.0 Å². The zero-order valence-electron chi connectivity index (χ0n) is 14.8. The van der Waals surface area contributed by atoms with Gasteiger partial charge in [0.1, 0.15) is 0 Å². The number of halogens is 4. The van der Waals surface area contributed by atoms with E-state index >= 15 is 0 Å². The minimum absolute atomic E-state index is 0.226. The Balaban J connectivity index is 1.82. The van der Waals surface area contributed by atoms with Crippen LogP contribution in [0.5, 0.6) is 0 Å². The quantitative estimate of drug-likeness (QED) is 0.400. The third kappa shape index (κ3) is 4.28. The molecule has 0 unspecified atom stereocenters. The number of nitrogen functional groups attached to an aromatic ring is 1. The number of hydrogen-bond donors (Lipinski definition) is 2. The highest BCUT2D eigenvalue weighted by Crippen LogP contribution is 2.31. The van der Waals surface area contributed by atoms with Gasteiger partial charge in [0.2, 0.25) is 0 Å². The summed E-state index contributed by atoms with van der Waals surface area (Å²) in [6.07, 6.45) is -4.39. The number of alkyl halides is 3. The van der Waals surface area contributed by atoms with Gasteiger partial charge < -0.3 is 11.1 Å². The van der Waals surface area contributed by atoms with Crippen molar-refractivity contribution in [3.63, 3.8) is 0 Å².